The van der Waals surface area contributed by atoms with Crippen LogP contribution in [0.5, 0.6) is 0 Å². The Balaban J connectivity index is 2.14. The smallest absolute Gasteiger partial charge is 0.254 e. The van der Waals surface area contributed by atoms with Gasteiger partial charge in [-0.3, -0.25) is 4.79 Å². The topological polar surface area (TPSA) is 46.3 Å². The minimum Gasteiger partial charge on any atom is -0.339 e. The van der Waals surface area contributed by atoms with Crippen molar-refractivity contribution in [3.63, 3.8) is 0 Å². The zero-order valence-electron chi connectivity index (χ0n) is 10.4. The number of amides is 1. The van der Waals surface area contributed by atoms with Crippen molar-refractivity contribution in [3.05, 3.63) is 35.4 Å². The first kappa shape index (κ1) is 12.1. The number of piperidine rings is 1. The van der Waals surface area contributed by atoms with Crippen LogP contribution in [0.4, 0.5) is 0 Å². The van der Waals surface area contributed by atoms with Crippen LogP contribution in [0.25, 0.3) is 0 Å². The Morgan fingerprint density at radius 2 is 2.00 bits per heavy atom. The van der Waals surface area contributed by atoms with E-state index in [4.69, 9.17) is 5.73 Å². The Hall–Kier alpha value is -1.35. The van der Waals surface area contributed by atoms with Crippen molar-refractivity contribution in [2.75, 3.05) is 13.1 Å². The maximum absolute atomic E-state index is 12.4. The SMILES string of the molecule is CC1CCN(C(=O)c2ccccc2CN)CC1. The van der Waals surface area contributed by atoms with Crippen LogP contribution in [-0.2, 0) is 6.54 Å². The summed E-state index contributed by atoms with van der Waals surface area (Å²) in [5, 5.41) is 0. The Morgan fingerprint density at radius 3 is 2.65 bits per heavy atom. The highest BCUT2D eigenvalue weighted by Crippen LogP contribution is 2.19. The lowest BCUT2D eigenvalue weighted by atomic mass is 9.98. The lowest BCUT2D eigenvalue weighted by molar-refractivity contribution is 0.0696. The van der Waals surface area contributed by atoms with Crippen LogP contribution in [0.2, 0.25) is 0 Å². The second-order valence-corrected chi connectivity index (χ2v) is 4.84. The Kier molecular flexibility index (Phi) is 3.79. The van der Waals surface area contributed by atoms with E-state index in [1.54, 1.807) is 0 Å². The summed E-state index contributed by atoms with van der Waals surface area (Å²) in [4.78, 5) is 14.3. The van der Waals surface area contributed by atoms with E-state index in [0.29, 0.717) is 6.54 Å². The van der Waals surface area contributed by atoms with Crippen LogP contribution in [0.15, 0.2) is 24.3 Å². The fourth-order valence-corrected chi connectivity index (χ4v) is 2.29. The van der Waals surface area contributed by atoms with Crippen LogP contribution in [0.3, 0.4) is 0 Å². The van der Waals surface area contributed by atoms with E-state index in [1.807, 2.05) is 29.2 Å². The highest BCUT2D eigenvalue weighted by molar-refractivity contribution is 5.95. The highest BCUT2D eigenvalue weighted by atomic mass is 16.2. The van der Waals surface area contributed by atoms with E-state index in [2.05, 4.69) is 6.92 Å². The van der Waals surface area contributed by atoms with Gasteiger partial charge in [0.1, 0.15) is 0 Å². The van der Waals surface area contributed by atoms with Crippen LogP contribution < -0.4 is 5.73 Å². The van der Waals surface area contributed by atoms with Crippen LogP contribution in [-0.4, -0.2) is 23.9 Å². The molecule has 3 nitrogen and oxygen atoms in total. The van der Waals surface area contributed by atoms with Crippen LogP contribution in [0.1, 0.15) is 35.7 Å². The molecule has 0 bridgehead atoms. The van der Waals surface area contributed by atoms with E-state index >= 15 is 0 Å². The monoisotopic (exact) mass is 232 g/mol. The molecule has 1 amide bonds. The van der Waals surface area contributed by atoms with E-state index < -0.39 is 0 Å². The summed E-state index contributed by atoms with van der Waals surface area (Å²) >= 11 is 0. The zero-order chi connectivity index (χ0) is 12.3. The van der Waals surface area contributed by atoms with Gasteiger partial charge in [0.2, 0.25) is 0 Å². The van der Waals surface area contributed by atoms with Gasteiger partial charge in [-0.25, -0.2) is 0 Å². The molecule has 1 saturated heterocycles. The molecule has 1 aliphatic rings. The fourth-order valence-electron chi connectivity index (χ4n) is 2.29. The average Bonchev–Trinajstić information content (AvgIpc) is 2.39. The predicted octanol–water partition coefficient (Wildman–Crippen LogP) is 2.02. The molecule has 92 valence electrons. The van der Waals surface area contributed by atoms with E-state index in [1.165, 1.54) is 0 Å². The number of nitrogens with zero attached hydrogens (tertiary/aromatic N) is 1. The second-order valence-electron chi connectivity index (χ2n) is 4.84. The van der Waals surface area contributed by atoms with Gasteiger partial charge in [-0.05, 0) is 30.4 Å². The maximum Gasteiger partial charge on any atom is 0.254 e. The van der Waals surface area contributed by atoms with E-state index in [-0.39, 0.29) is 5.91 Å². The molecule has 0 aromatic heterocycles. The third-order valence-corrected chi connectivity index (χ3v) is 3.54. The van der Waals surface area contributed by atoms with Gasteiger partial charge in [-0.1, -0.05) is 25.1 Å². The van der Waals surface area contributed by atoms with Crippen molar-refractivity contribution in [1.82, 2.24) is 4.90 Å². The molecule has 0 aliphatic carbocycles. The first-order valence-corrected chi connectivity index (χ1v) is 6.29. The summed E-state index contributed by atoms with van der Waals surface area (Å²) in [5.74, 6) is 0.877. The average molecular weight is 232 g/mol. The number of benzene rings is 1. The minimum absolute atomic E-state index is 0.137. The van der Waals surface area contributed by atoms with E-state index in [0.717, 1.165) is 43.0 Å². The number of hydrogen-bond donors (Lipinski definition) is 1. The molecule has 0 saturated carbocycles. The number of likely N-dealkylation sites (tertiary alicyclic amines) is 1. The van der Waals surface area contributed by atoms with Crippen molar-refractivity contribution < 1.29 is 4.79 Å². The molecule has 0 radical (unpaired) electrons. The van der Waals surface area contributed by atoms with E-state index in [9.17, 15) is 4.79 Å². The molecule has 0 atom stereocenters. The molecule has 0 spiro atoms. The molecule has 2 rings (SSSR count). The Bertz CT molecular complexity index is 395. The van der Waals surface area contributed by atoms with Crippen molar-refractivity contribution >= 4 is 5.91 Å². The molecule has 1 aromatic rings. The first-order valence-electron chi connectivity index (χ1n) is 6.29. The Labute approximate surface area is 103 Å². The normalized spacial score (nSPS) is 17.2. The van der Waals surface area contributed by atoms with Crippen molar-refractivity contribution in [1.29, 1.82) is 0 Å². The van der Waals surface area contributed by atoms with Gasteiger partial charge >= 0.3 is 0 Å². The maximum atomic E-state index is 12.4. The number of carbonyl (C=O) groups excluding carboxylic acids is 1. The molecule has 3 heteroatoms. The molecular weight excluding hydrogens is 212 g/mol. The number of rotatable bonds is 2. The number of carbonyl (C=O) groups is 1. The number of nitrogens with two attached hydrogens (primary N) is 1. The predicted molar refractivity (Wildman–Crippen MR) is 68.6 cm³/mol. The van der Waals surface area contributed by atoms with Crippen molar-refractivity contribution in [2.24, 2.45) is 11.7 Å². The minimum atomic E-state index is 0.137. The quantitative estimate of drug-likeness (QED) is 0.848. The highest BCUT2D eigenvalue weighted by Gasteiger charge is 2.22. The lowest BCUT2D eigenvalue weighted by Gasteiger charge is -2.30. The largest absolute Gasteiger partial charge is 0.339 e. The molecule has 2 N–H and O–H groups in total. The molecule has 1 fully saturated rings. The van der Waals surface area contributed by atoms with Crippen LogP contribution in [0, 0.1) is 5.92 Å². The lowest BCUT2D eigenvalue weighted by Crippen LogP contribution is -2.38. The van der Waals surface area contributed by atoms with Gasteiger partial charge in [0.25, 0.3) is 5.91 Å². The molecule has 17 heavy (non-hydrogen) atoms. The molecule has 1 heterocycles. The summed E-state index contributed by atoms with van der Waals surface area (Å²) in [6, 6.07) is 7.64. The number of hydrogen-bond acceptors (Lipinski definition) is 2. The molecule has 1 aliphatic heterocycles. The third-order valence-electron chi connectivity index (χ3n) is 3.54. The summed E-state index contributed by atoms with van der Waals surface area (Å²) in [6.45, 7) is 4.42. The molecular formula is C14H20N2O. The third kappa shape index (κ3) is 2.67. The van der Waals surface area contributed by atoms with Crippen molar-refractivity contribution in [2.45, 2.75) is 26.3 Å². The first-order chi connectivity index (χ1) is 8.22. The van der Waals surface area contributed by atoms with Crippen LogP contribution >= 0.6 is 0 Å². The standard InChI is InChI=1S/C14H20N2O/c1-11-6-8-16(9-7-11)14(17)13-5-3-2-4-12(13)10-15/h2-5,11H,6-10,15H2,1H3. The summed E-state index contributed by atoms with van der Waals surface area (Å²) in [5.41, 5.74) is 7.38. The molecule has 0 unspecified atom stereocenters. The summed E-state index contributed by atoms with van der Waals surface area (Å²) in [7, 11) is 0. The van der Waals surface area contributed by atoms with Gasteiger partial charge < -0.3 is 10.6 Å². The van der Waals surface area contributed by atoms with Crippen molar-refractivity contribution in [3.8, 4) is 0 Å². The second kappa shape index (κ2) is 5.32. The molecule has 1 aromatic carbocycles. The van der Waals surface area contributed by atoms with Gasteiger partial charge in [0.15, 0.2) is 0 Å². The Morgan fingerprint density at radius 1 is 1.35 bits per heavy atom. The van der Waals surface area contributed by atoms with Gasteiger partial charge in [-0.15, -0.1) is 0 Å². The summed E-state index contributed by atoms with van der Waals surface area (Å²) < 4.78 is 0. The van der Waals surface area contributed by atoms with Gasteiger partial charge in [-0.2, -0.15) is 0 Å². The van der Waals surface area contributed by atoms with Gasteiger partial charge in [0.05, 0.1) is 0 Å². The zero-order valence-corrected chi connectivity index (χ0v) is 10.4. The fraction of sp³-hybridized carbons (Fsp3) is 0.500. The summed E-state index contributed by atoms with van der Waals surface area (Å²) in [6.07, 6.45) is 2.22. The van der Waals surface area contributed by atoms with Gasteiger partial charge in [0, 0.05) is 25.2 Å².